The summed E-state index contributed by atoms with van der Waals surface area (Å²) in [5.41, 5.74) is 6.69. The quantitative estimate of drug-likeness (QED) is 0.722. The molecule has 13 heavy (non-hydrogen) atoms. The Bertz CT molecular complexity index is 155. The summed E-state index contributed by atoms with van der Waals surface area (Å²) in [6, 6.07) is 0. The summed E-state index contributed by atoms with van der Waals surface area (Å²) < 4.78 is 0. The minimum absolute atomic E-state index is 0.287. The van der Waals surface area contributed by atoms with Crippen molar-refractivity contribution in [1.82, 2.24) is 4.90 Å². The second kappa shape index (κ2) is 3.58. The highest BCUT2D eigenvalue weighted by Crippen LogP contribution is 2.37. The van der Waals surface area contributed by atoms with Gasteiger partial charge in [0.15, 0.2) is 0 Å². The SMILES string of the molecule is CCC(CC)(CN)N1CC(C)(C)C1. The van der Waals surface area contributed by atoms with E-state index >= 15 is 0 Å². The Morgan fingerprint density at radius 3 is 1.92 bits per heavy atom. The molecule has 0 aromatic rings. The van der Waals surface area contributed by atoms with Crippen LogP contribution in [0, 0.1) is 5.41 Å². The maximum absolute atomic E-state index is 5.89. The van der Waals surface area contributed by atoms with Gasteiger partial charge in [-0.25, -0.2) is 0 Å². The zero-order valence-corrected chi connectivity index (χ0v) is 9.56. The standard InChI is InChI=1S/C11H24N2/c1-5-11(6-2,7-12)13-8-10(3,4)9-13/h5-9,12H2,1-4H3. The molecule has 1 aliphatic rings. The number of likely N-dealkylation sites (tertiary alicyclic amines) is 1. The molecule has 0 atom stereocenters. The van der Waals surface area contributed by atoms with E-state index in [1.165, 1.54) is 25.9 Å². The first kappa shape index (κ1) is 11.0. The molecule has 0 aromatic heterocycles. The smallest absolute Gasteiger partial charge is 0.0326 e. The van der Waals surface area contributed by atoms with Crippen LogP contribution in [0.25, 0.3) is 0 Å². The van der Waals surface area contributed by atoms with E-state index in [1.807, 2.05) is 0 Å². The zero-order chi connectivity index (χ0) is 10.1. The van der Waals surface area contributed by atoms with Gasteiger partial charge in [0, 0.05) is 25.2 Å². The Morgan fingerprint density at radius 2 is 1.69 bits per heavy atom. The molecule has 2 nitrogen and oxygen atoms in total. The van der Waals surface area contributed by atoms with Gasteiger partial charge >= 0.3 is 0 Å². The van der Waals surface area contributed by atoms with Crippen LogP contribution in [0.1, 0.15) is 40.5 Å². The second-order valence-corrected chi connectivity index (χ2v) is 5.16. The summed E-state index contributed by atoms with van der Waals surface area (Å²) in [5.74, 6) is 0. The van der Waals surface area contributed by atoms with Crippen molar-refractivity contribution in [3.8, 4) is 0 Å². The van der Waals surface area contributed by atoms with Crippen molar-refractivity contribution >= 4 is 0 Å². The van der Waals surface area contributed by atoms with Gasteiger partial charge in [0.25, 0.3) is 0 Å². The lowest BCUT2D eigenvalue weighted by atomic mass is 9.77. The van der Waals surface area contributed by atoms with Crippen LogP contribution in [0.2, 0.25) is 0 Å². The zero-order valence-electron chi connectivity index (χ0n) is 9.56. The molecule has 0 saturated carbocycles. The van der Waals surface area contributed by atoms with Crippen molar-refractivity contribution in [1.29, 1.82) is 0 Å². The molecule has 78 valence electrons. The predicted octanol–water partition coefficient (Wildman–Crippen LogP) is 1.85. The third-order valence-corrected chi connectivity index (χ3v) is 3.60. The molecule has 0 unspecified atom stereocenters. The highest BCUT2D eigenvalue weighted by atomic mass is 15.3. The Morgan fingerprint density at radius 1 is 1.23 bits per heavy atom. The molecule has 1 rings (SSSR count). The fourth-order valence-corrected chi connectivity index (χ4v) is 2.44. The summed E-state index contributed by atoms with van der Waals surface area (Å²) in [6.07, 6.45) is 2.35. The molecule has 0 aromatic carbocycles. The van der Waals surface area contributed by atoms with Gasteiger partial charge < -0.3 is 5.73 Å². The first-order valence-corrected chi connectivity index (χ1v) is 5.45. The molecular weight excluding hydrogens is 160 g/mol. The van der Waals surface area contributed by atoms with Crippen LogP contribution in [-0.4, -0.2) is 30.1 Å². The van der Waals surface area contributed by atoms with Crippen LogP contribution in [-0.2, 0) is 0 Å². The van der Waals surface area contributed by atoms with E-state index in [-0.39, 0.29) is 5.54 Å². The van der Waals surface area contributed by atoms with E-state index in [1.54, 1.807) is 0 Å². The molecule has 2 heteroatoms. The van der Waals surface area contributed by atoms with Gasteiger partial charge in [0.2, 0.25) is 0 Å². The largest absolute Gasteiger partial charge is 0.329 e. The lowest BCUT2D eigenvalue weighted by Gasteiger charge is -2.56. The third kappa shape index (κ3) is 1.89. The van der Waals surface area contributed by atoms with Gasteiger partial charge in [-0.05, 0) is 18.3 Å². The third-order valence-electron chi connectivity index (χ3n) is 3.60. The number of nitrogens with zero attached hydrogens (tertiary/aromatic N) is 1. The van der Waals surface area contributed by atoms with Crippen molar-refractivity contribution in [3.05, 3.63) is 0 Å². The molecule has 1 aliphatic heterocycles. The number of nitrogens with two attached hydrogens (primary N) is 1. The van der Waals surface area contributed by atoms with E-state index in [0.717, 1.165) is 6.54 Å². The van der Waals surface area contributed by atoms with Crippen LogP contribution in [0.15, 0.2) is 0 Å². The summed E-state index contributed by atoms with van der Waals surface area (Å²) in [7, 11) is 0. The van der Waals surface area contributed by atoms with Crippen LogP contribution >= 0.6 is 0 Å². The lowest BCUT2D eigenvalue weighted by Crippen LogP contribution is -2.65. The van der Waals surface area contributed by atoms with E-state index in [2.05, 4.69) is 32.6 Å². The lowest BCUT2D eigenvalue weighted by molar-refractivity contribution is -0.0604. The Labute approximate surface area is 82.5 Å². The summed E-state index contributed by atoms with van der Waals surface area (Å²) in [5, 5.41) is 0. The molecule has 0 spiro atoms. The van der Waals surface area contributed by atoms with Gasteiger partial charge in [-0.15, -0.1) is 0 Å². The first-order chi connectivity index (χ1) is 5.99. The van der Waals surface area contributed by atoms with E-state index in [9.17, 15) is 0 Å². The molecule has 2 N–H and O–H groups in total. The van der Waals surface area contributed by atoms with Gasteiger partial charge in [-0.3, -0.25) is 4.90 Å². The van der Waals surface area contributed by atoms with Crippen LogP contribution in [0.4, 0.5) is 0 Å². The van der Waals surface area contributed by atoms with Gasteiger partial charge in [-0.2, -0.15) is 0 Å². The fourth-order valence-electron chi connectivity index (χ4n) is 2.44. The van der Waals surface area contributed by atoms with E-state index in [4.69, 9.17) is 5.73 Å². The maximum atomic E-state index is 5.89. The molecule has 0 aliphatic carbocycles. The monoisotopic (exact) mass is 184 g/mol. The number of rotatable bonds is 4. The van der Waals surface area contributed by atoms with Crippen molar-refractivity contribution in [3.63, 3.8) is 0 Å². The van der Waals surface area contributed by atoms with Gasteiger partial charge in [0.1, 0.15) is 0 Å². The van der Waals surface area contributed by atoms with Gasteiger partial charge in [-0.1, -0.05) is 27.7 Å². The molecule has 0 radical (unpaired) electrons. The Balaban J connectivity index is 2.59. The number of hydrogen-bond acceptors (Lipinski definition) is 2. The highest BCUT2D eigenvalue weighted by molar-refractivity contribution is 4.99. The summed E-state index contributed by atoms with van der Waals surface area (Å²) in [4.78, 5) is 2.56. The molecule has 1 fully saturated rings. The van der Waals surface area contributed by atoms with E-state index in [0.29, 0.717) is 5.41 Å². The van der Waals surface area contributed by atoms with Crippen molar-refractivity contribution in [2.24, 2.45) is 11.1 Å². The Hall–Kier alpha value is -0.0800. The average molecular weight is 184 g/mol. The average Bonchev–Trinajstić information content (AvgIpc) is 2.05. The van der Waals surface area contributed by atoms with Crippen molar-refractivity contribution in [2.75, 3.05) is 19.6 Å². The van der Waals surface area contributed by atoms with Crippen LogP contribution in [0.5, 0.6) is 0 Å². The fraction of sp³-hybridized carbons (Fsp3) is 1.00. The molecule has 1 heterocycles. The summed E-state index contributed by atoms with van der Waals surface area (Å²) >= 11 is 0. The predicted molar refractivity (Wildman–Crippen MR) is 57.7 cm³/mol. The van der Waals surface area contributed by atoms with Crippen LogP contribution < -0.4 is 5.73 Å². The highest BCUT2D eigenvalue weighted by Gasteiger charge is 2.44. The molecule has 1 saturated heterocycles. The minimum atomic E-state index is 0.287. The topological polar surface area (TPSA) is 29.3 Å². The normalized spacial score (nSPS) is 22.8. The van der Waals surface area contributed by atoms with Gasteiger partial charge in [0.05, 0.1) is 0 Å². The second-order valence-electron chi connectivity index (χ2n) is 5.16. The van der Waals surface area contributed by atoms with E-state index < -0.39 is 0 Å². The molecule has 0 bridgehead atoms. The van der Waals surface area contributed by atoms with Crippen LogP contribution in [0.3, 0.4) is 0 Å². The summed E-state index contributed by atoms with van der Waals surface area (Å²) in [6.45, 7) is 12.4. The first-order valence-electron chi connectivity index (χ1n) is 5.45. The Kier molecular flexibility index (Phi) is 3.03. The van der Waals surface area contributed by atoms with Crippen molar-refractivity contribution in [2.45, 2.75) is 46.1 Å². The minimum Gasteiger partial charge on any atom is -0.329 e. The molecular formula is C11H24N2. The molecule has 0 amide bonds. The number of hydrogen-bond donors (Lipinski definition) is 1. The maximum Gasteiger partial charge on any atom is 0.0326 e. The van der Waals surface area contributed by atoms with Crippen molar-refractivity contribution < 1.29 is 0 Å².